The van der Waals surface area contributed by atoms with Crippen LogP contribution in [0.3, 0.4) is 0 Å². The molecule has 0 bridgehead atoms. The van der Waals surface area contributed by atoms with Crippen molar-refractivity contribution >= 4 is 23.0 Å². The number of aromatic nitrogens is 4. The Morgan fingerprint density at radius 2 is 2.00 bits per heavy atom. The first-order valence-corrected chi connectivity index (χ1v) is 9.28. The lowest BCUT2D eigenvalue weighted by molar-refractivity contribution is -0.142. The van der Waals surface area contributed by atoms with Crippen LogP contribution in [0.15, 0.2) is 24.5 Å². The summed E-state index contributed by atoms with van der Waals surface area (Å²) in [6.07, 6.45) is -2.36. The largest absolute Gasteiger partial charge is 0.433 e. The number of hydrogen-bond acceptors (Lipinski definition) is 5. The Morgan fingerprint density at radius 1 is 1.26 bits per heavy atom. The van der Waals surface area contributed by atoms with E-state index in [9.17, 15) is 18.0 Å². The van der Waals surface area contributed by atoms with Gasteiger partial charge in [0.15, 0.2) is 5.69 Å². The molecule has 1 aliphatic rings. The molecule has 10 heteroatoms. The third kappa shape index (κ3) is 3.41. The maximum atomic E-state index is 13.3. The van der Waals surface area contributed by atoms with Gasteiger partial charge in [-0.05, 0) is 38.0 Å². The zero-order valence-corrected chi connectivity index (χ0v) is 15.2. The molecular weight excluding hydrogens is 379 g/mol. The predicted octanol–water partition coefficient (Wildman–Crippen LogP) is 3.53. The second kappa shape index (κ2) is 6.59. The van der Waals surface area contributed by atoms with Gasteiger partial charge in [-0.2, -0.15) is 27.8 Å². The summed E-state index contributed by atoms with van der Waals surface area (Å²) in [5.74, 6) is -0.238. The van der Waals surface area contributed by atoms with Gasteiger partial charge in [0.25, 0.3) is 11.7 Å². The van der Waals surface area contributed by atoms with Crippen LogP contribution in [0, 0.1) is 6.92 Å². The van der Waals surface area contributed by atoms with Crippen molar-refractivity contribution in [1.82, 2.24) is 24.5 Å². The number of aryl methyl sites for hydroxylation is 1. The van der Waals surface area contributed by atoms with Gasteiger partial charge in [0.05, 0.1) is 4.88 Å². The number of hydrogen-bond donors (Lipinski definition) is 0. The fourth-order valence-corrected chi connectivity index (χ4v) is 4.16. The molecule has 27 heavy (non-hydrogen) atoms. The van der Waals surface area contributed by atoms with Crippen LogP contribution in [-0.4, -0.2) is 43.5 Å². The summed E-state index contributed by atoms with van der Waals surface area (Å²) >= 11 is 1.45. The predicted molar refractivity (Wildman–Crippen MR) is 92.7 cm³/mol. The van der Waals surface area contributed by atoms with Gasteiger partial charge < -0.3 is 4.90 Å². The summed E-state index contributed by atoms with van der Waals surface area (Å²) in [5.41, 5.74) is -0.533. The second-order valence-electron chi connectivity index (χ2n) is 6.51. The Hall–Kier alpha value is -2.49. The number of halogens is 3. The minimum atomic E-state index is -4.54. The van der Waals surface area contributed by atoms with Gasteiger partial charge in [-0.1, -0.05) is 0 Å². The van der Waals surface area contributed by atoms with E-state index in [0.29, 0.717) is 41.0 Å². The number of nitrogens with zero attached hydrogens (tertiary/aromatic N) is 5. The maximum absolute atomic E-state index is 13.3. The molecule has 0 unspecified atom stereocenters. The maximum Gasteiger partial charge on any atom is 0.433 e. The highest BCUT2D eigenvalue weighted by molar-refractivity contribution is 7.13. The summed E-state index contributed by atoms with van der Waals surface area (Å²) in [5, 5.41) is 3.61. The van der Waals surface area contributed by atoms with Crippen molar-refractivity contribution in [3.63, 3.8) is 0 Å². The number of carbonyl (C=O) groups excluding carboxylic acids is 1. The Labute approximate surface area is 156 Å². The Bertz CT molecular complexity index is 988. The van der Waals surface area contributed by atoms with E-state index in [-0.39, 0.29) is 17.6 Å². The number of alkyl halides is 3. The van der Waals surface area contributed by atoms with Crippen molar-refractivity contribution < 1.29 is 18.0 Å². The number of thiophene rings is 1. The topological polar surface area (TPSA) is 63.4 Å². The van der Waals surface area contributed by atoms with Crippen LogP contribution in [-0.2, 0) is 6.18 Å². The van der Waals surface area contributed by atoms with E-state index in [1.807, 2.05) is 19.1 Å². The van der Waals surface area contributed by atoms with E-state index < -0.39 is 11.9 Å². The molecule has 1 saturated heterocycles. The third-order valence-corrected chi connectivity index (χ3v) is 5.70. The van der Waals surface area contributed by atoms with E-state index in [0.717, 1.165) is 17.3 Å². The lowest BCUT2D eigenvalue weighted by Gasteiger charge is -2.31. The van der Waals surface area contributed by atoms with Crippen LogP contribution in [0.4, 0.5) is 13.2 Å². The highest BCUT2D eigenvalue weighted by Gasteiger charge is 2.36. The fourth-order valence-electron chi connectivity index (χ4n) is 3.33. The molecule has 1 fully saturated rings. The van der Waals surface area contributed by atoms with E-state index in [1.54, 1.807) is 4.90 Å². The molecule has 0 atom stereocenters. The molecule has 3 aromatic rings. The van der Waals surface area contributed by atoms with Crippen molar-refractivity contribution in [2.24, 2.45) is 0 Å². The Balaban J connectivity index is 1.54. The molecule has 1 amide bonds. The Kier molecular flexibility index (Phi) is 4.37. The van der Waals surface area contributed by atoms with Gasteiger partial charge in [0.2, 0.25) is 0 Å². The number of carbonyl (C=O) groups is 1. The summed E-state index contributed by atoms with van der Waals surface area (Å²) in [6.45, 7) is 2.92. The molecular formula is C17H16F3N5OS. The molecule has 3 aromatic heterocycles. The van der Waals surface area contributed by atoms with Gasteiger partial charge in [-0.3, -0.25) is 4.79 Å². The van der Waals surface area contributed by atoms with Crippen molar-refractivity contribution in [2.45, 2.75) is 31.9 Å². The first kappa shape index (κ1) is 17.9. The monoisotopic (exact) mass is 395 g/mol. The number of likely N-dealkylation sites (tertiary alicyclic amines) is 1. The van der Waals surface area contributed by atoms with Crippen molar-refractivity contribution in [3.8, 4) is 0 Å². The quantitative estimate of drug-likeness (QED) is 0.666. The van der Waals surface area contributed by atoms with Crippen LogP contribution in [0.25, 0.3) is 5.78 Å². The molecule has 0 radical (unpaired) electrons. The van der Waals surface area contributed by atoms with Gasteiger partial charge >= 0.3 is 6.18 Å². The van der Waals surface area contributed by atoms with Crippen molar-refractivity contribution in [1.29, 1.82) is 0 Å². The van der Waals surface area contributed by atoms with Crippen LogP contribution < -0.4 is 0 Å². The standard InChI is InChI=1S/C17H16F3N5OS/c1-10-2-3-13(27-10)15(26)24-6-4-11(5-7-24)12-8-14(17(18,19)20)25-16(23-12)21-9-22-25/h2-3,8-9,11H,4-7H2,1H3. The molecule has 1 aliphatic heterocycles. The van der Waals surface area contributed by atoms with E-state index >= 15 is 0 Å². The van der Waals surface area contributed by atoms with E-state index in [4.69, 9.17) is 0 Å². The molecule has 0 saturated carbocycles. The second-order valence-corrected chi connectivity index (χ2v) is 7.80. The molecule has 4 heterocycles. The lowest BCUT2D eigenvalue weighted by Crippen LogP contribution is -2.37. The van der Waals surface area contributed by atoms with Gasteiger partial charge in [-0.15, -0.1) is 11.3 Å². The normalized spacial score (nSPS) is 16.2. The van der Waals surface area contributed by atoms with Crippen LogP contribution in [0.2, 0.25) is 0 Å². The van der Waals surface area contributed by atoms with Crippen LogP contribution >= 0.6 is 11.3 Å². The molecule has 4 rings (SSSR count). The summed E-state index contributed by atoms with van der Waals surface area (Å²) < 4.78 is 40.7. The van der Waals surface area contributed by atoms with E-state index in [2.05, 4.69) is 15.1 Å². The molecule has 0 aliphatic carbocycles. The number of piperidine rings is 1. The summed E-state index contributed by atoms with van der Waals surface area (Å²) in [7, 11) is 0. The minimum absolute atomic E-state index is 0.0246. The van der Waals surface area contributed by atoms with Crippen LogP contribution in [0.1, 0.15) is 44.7 Å². The van der Waals surface area contributed by atoms with Gasteiger partial charge in [-0.25, -0.2) is 4.98 Å². The van der Waals surface area contributed by atoms with E-state index in [1.165, 1.54) is 11.3 Å². The number of rotatable bonds is 2. The fraction of sp³-hybridized carbons (Fsp3) is 0.412. The molecule has 142 valence electrons. The molecule has 0 spiro atoms. The highest BCUT2D eigenvalue weighted by atomic mass is 32.1. The minimum Gasteiger partial charge on any atom is -0.338 e. The van der Waals surface area contributed by atoms with Crippen molar-refractivity contribution in [3.05, 3.63) is 45.7 Å². The molecule has 0 N–H and O–H groups in total. The summed E-state index contributed by atoms with van der Waals surface area (Å²) in [6, 6.07) is 4.76. The zero-order chi connectivity index (χ0) is 19.2. The third-order valence-electron chi connectivity index (χ3n) is 4.71. The SMILES string of the molecule is Cc1ccc(C(=O)N2CCC(c3cc(C(F)(F)F)n4ncnc4n3)CC2)s1. The summed E-state index contributed by atoms with van der Waals surface area (Å²) in [4.78, 5) is 24.1. The first-order valence-electron chi connectivity index (χ1n) is 8.46. The number of fused-ring (bicyclic) bond motifs is 1. The Morgan fingerprint density at radius 3 is 2.63 bits per heavy atom. The molecule has 0 aromatic carbocycles. The van der Waals surface area contributed by atoms with Crippen molar-refractivity contribution in [2.75, 3.05) is 13.1 Å². The lowest BCUT2D eigenvalue weighted by atomic mass is 9.92. The highest BCUT2D eigenvalue weighted by Crippen LogP contribution is 2.34. The van der Waals surface area contributed by atoms with Gasteiger partial charge in [0, 0.05) is 29.6 Å². The van der Waals surface area contributed by atoms with Crippen LogP contribution in [0.5, 0.6) is 0 Å². The average Bonchev–Trinajstić information content (AvgIpc) is 3.28. The smallest absolute Gasteiger partial charge is 0.338 e. The molecule has 6 nitrogen and oxygen atoms in total. The average molecular weight is 395 g/mol. The first-order chi connectivity index (χ1) is 12.8. The number of amides is 1. The van der Waals surface area contributed by atoms with Gasteiger partial charge in [0.1, 0.15) is 6.33 Å². The zero-order valence-electron chi connectivity index (χ0n) is 14.4.